The van der Waals surface area contributed by atoms with Gasteiger partial charge in [0.2, 0.25) is 11.8 Å². The Labute approximate surface area is 166 Å². The highest BCUT2D eigenvalue weighted by Crippen LogP contribution is 2.24. The van der Waals surface area contributed by atoms with Gasteiger partial charge < -0.3 is 15.1 Å². The Kier molecular flexibility index (Phi) is 5.60. The highest BCUT2D eigenvalue weighted by molar-refractivity contribution is 5.97. The Hall–Kier alpha value is -2.82. The van der Waals surface area contributed by atoms with Gasteiger partial charge in [-0.3, -0.25) is 9.59 Å². The van der Waals surface area contributed by atoms with E-state index >= 15 is 0 Å². The molecule has 1 atom stereocenters. The first-order valence-corrected chi connectivity index (χ1v) is 10.2. The van der Waals surface area contributed by atoms with Crippen LogP contribution in [0.2, 0.25) is 0 Å². The van der Waals surface area contributed by atoms with Gasteiger partial charge >= 0.3 is 0 Å². The summed E-state index contributed by atoms with van der Waals surface area (Å²) in [6.45, 7) is 3.25. The SMILES string of the molecule is O=C(Nc1ccc(N2CCCCC2)cc1)C1CC(=O)N(Cc2ccccc2)C1. The topological polar surface area (TPSA) is 52.7 Å². The van der Waals surface area contributed by atoms with Gasteiger partial charge in [0.05, 0.1) is 5.92 Å². The van der Waals surface area contributed by atoms with Gasteiger partial charge in [0.25, 0.3) is 0 Å². The molecule has 2 fully saturated rings. The molecule has 2 aliphatic rings. The molecule has 0 bridgehead atoms. The number of nitrogens with one attached hydrogen (secondary N) is 1. The first kappa shape index (κ1) is 18.5. The van der Waals surface area contributed by atoms with Crippen molar-refractivity contribution in [3.63, 3.8) is 0 Å². The summed E-state index contributed by atoms with van der Waals surface area (Å²) in [5, 5.41) is 2.98. The van der Waals surface area contributed by atoms with E-state index in [0.29, 0.717) is 13.1 Å². The van der Waals surface area contributed by atoms with E-state index in [-0.39, 0.29) is 24.2 Å². The van der Waals surface area contributed by atoms with Crippen LogP contribution in [0.15, 0.2) is 54.6 Å². The van der Waals surface area contributed by atoms with Crippen LogP contribution in [0.4, 0.5) is 11.4 Å². The fourth-order valence-electron chi connectivity index (χ4n) is 4.06. The molecule has 4 rings (SSSR count). The summed E-state index contributed by atoms with van der Waals surface area (Å²) in [6, 6.07) is 18.0. The molecule has 0 radical (unpaired) electrons. The first-order chi connectivity index (χ1) is 13.7. The average molecular weight is 377 g/mol. The Morgan fingerprint density at radius 1 is 0.964 bits per heavy atom. The monoisotopic (exact) mass is 377 g/mol. The predicted molar refractivity (Wildman–Crippen MR) is 111 cm³/mol. The van der Waals surface area contributed by atoms with Gasteiger partial charge in [0.15, 0.2) is 0 Å². The summed E-state index contributed by atoms with van der Waals surface area (Å²) in [7, 11) is 0. The average Bonchev–Trinajstić information content (AvgIpc) is 3.10. The largest absolute Gasteiger partial charge is 0.372 e. The minimum Gasteiger partial charge on any atom is -0.372 e. The third-order valence-corrected chi connectivity index (χ3v) is 5.66. The van der Waals surface area contributed by atoms with Crippen molar-refractivity contribution >= 4 is 23.2 Å². The Morgan fingerprint density at radius 2 is 1.68 bits per heavy atom. The number of carbonyl (C=O) groups is 2. The lowest BCUT2D eigenvalue weighted by Gasteiger charge is -2.28. The van der Waals surface area contributed by atoms with Gasteiger partial charge in [-0.2, -0.15) is 0 Å². The minimum atomic E-state index is -0.294. The molecule has 1 unspecified atom stereocenters. The van der Waals surface area contributed by atoms with Crippen LogP contribution in [-0.2, 0) is 16.1 Å². The van der Waals surface area contributed by atoms with Crippen LogP contribution in [-0.4, -0.2) is 36.3 Å². The van der Waals surface area contributed by atoms with Crippen molar-refractivity contribution in [3.8, 4) is 0 Å². The molecule has 2 aromatic carbocycles. The van der Waals surface area contributed by atoms with Crippen molar-refractivity contribution in [2.75, 3.05) is 29.9 Å². The molecule has 5 nitrogen and oxygen atoms in total. The van der Waals surface area contributed by atoms with Crippen LogP contribution in [0.25, 0.3) is 0 Å². The number of rotatable bonds is 5. The van der Waals surface area contributed by atoms with Crippen molar-refractivity contribution in [3.05, 3.63) is 60.2 Å². The molecule has 2 aromatic rings. The van der Waals surface area contributed by atoms with E-state index in [1.54, 1.807) is 4.90 Å². The molecule has 0 aliphatic carbocycles. The lowest BCUT2D eigenvalue weighted by atomic mass is 10.1. The summed E-state index contributed by atoms with van der Waals surface area (Å²) in [6.07, 6.45) is 4.08. The molecule has 2 heterocycles. The van der Waals surface area contributed by atoms with Crippen LogP contribution in [0.3, 0.4) is 0 Å². The van der Waals surface area contributed by atoms with Crippen molar-refractivity contribution < 1.29 is 9.59 Å². The minimum absolute atomic E-state index is 0.0458. The predicted octanol–water partition coefficient (Wildman–Crippen LogP) is 3.66. The number of hydrogen-bond donors (Lipinski definition) is 1. The molecule has 5 heteroatoms. The lowest BCUT2D eigenvalue weighted by Crippen LogP contribution is -2.29. The molecule has 146 valence electrons. The Morgan fingerprint density at radius 3 is 2.39 bits per heavy atom. The molecular weight excluding hydrogens is 350 g/mol. The molecule has 2 aliphatic heterocycles. The van der Waals surface area contributed by atoms with Crippen molar-refractivity contribution in [1.82, 2.24) is 4.90 Å². The van der Waals surface area contributed by atoms with Gasteiger partial charge in [-0.05, 0) is 49.1 Å². The molecule has 0 spiro atoms. The first-order valence-electron chi connectivity index (χ1n) is 10.2. The van der Waals surface area contributed by atoms with Gasteiger partial charge in [0.1, 0.15) is 0 Å². The van der Waals surface area contributed by atoms with Gasteiger partial charge in [-0.1, -0.05) is 30.3 Å². The van der Waals surface area contributed by atoms with E-state index in [4.69, 9.17) is 0 Å². The van der Waals surface area contributed by atoms with E-state index < -0.39 is 0 Å². The second-order valence-corrected chi connectivity index (χ2v) is 7.74. The van der Waals surface area contributed by atoms with Gasteiger partial charge in [0, 0.05) is 44.0 Å². The van der Waals surface area contributed by atoms with Gasteiger partial charge in [-0.25, -0.2) is 0 Å². The second kappa shape index (κ2) is 8.46. The Bertz CT molecular complexity index is 814. The van der Waals surface area contributed by atoms with Crippen molar-refractivity contribution in [2.24, 2.45) is 5.92 Å². The van der Waals surface area contributed by atoms with Gasteiger partial charge in [-0.15, -0.1) is 0 Å². The van der Waals surface area contributed by atoms with Crippen molar-refractivity contribution in [1.29, 1.82) is 0 Å². The number of piperidine rings is 1. The summed E-state index contributed by atoms with van der Waals surface area (Å²) in [5.41, 5.74) is 3.09. The third-order valence-electron chi connectivity index (χ3n) is 5.66. The van der Waals surface area contributed by atoms with Crippen LogP contribution in [0.5, 0.6) is 0 Å². The fourth-order valence-corrected chi connectivity index (χ4v) is 4.06. The molecule has 0 saturated carbocycles. The number of carbonyl (C=O) groups excluding carboxylic acids is 2. The number of amides is 2. The zero-order chi connectivity index (χ0) is 19.3. The number of hydrogen-bond acceptors (Lipinski definition) is 3. The van der Waals surface area contributed by atoms with Crippen LogP contribution < -0.4 is 10.2 Å². The van der Waals surface area contributed by atoms with E-state index in [0.717, 1.165) is 24.3 Å². The fraction of sp³-hybridized carbons (Fsp3) is 0.391. The van der Waals surface area contributed by atoms with E-state index in [9.17, 15) is 9.59 Å². The van der Waals surface area contributed by atoms with E-state index in [1.165, 1.54) is 24.9 Å². The number of anilines is 2. The smallest absolute Gasteiger partial charge is 0.229 e. The molecule has 28 heavy (non-hydrogen) atoms. The van der Waals surface area contributed by atoms with Crippen LogP contribution in [0.1, 0.15) is 31.2 Å². The van der Waals surface area contributed by atoms with Crippen molar-refractivity contribution in [2.45, 2.75) is 32.2 Å². The zero-order valence-corrected chi connectivity index (χ0v) is 16.1. The standard InChI is InChI=1S/C23H27N3O2/c27-22-15-19(17-26(22)16-18-7-3-1-4-8-18)23(28)24-20-9-11-21(12-10-20)25-13-5-2-6-14-25/h1,3-4,7-12,19H,2,5-6,13-17H2,(H,24,28). The number of benzene rings is 2. The second-order valence-electron chi connectivity index (χ2n) is 7.74. The highest BCUT2D eigenvalue weighted by Gasteiger charge is 2.34. The zero-order valence-electron chi connectivity index (χ0n) is 16.1. The molecule has 0 aromatic heterocycles. The quantitative estimate of drug-likeness (QED) is 0.865. The summed E-state index contributed by atoms with van der Waals surface area (Å²) < 4.78 is 0. The number of likely N-dealkylation sites (tertiary alicyclic amines) is 1. The summed E-state index contributed by atoms with van der Waals surface area (Å²) >= 11 is 0. The molecular formula is C23H27N3O2. The van der Waals surface area contributed by atoms with E-state index in [2.05, 4.69) is 22.3 Å². The third kappa shape index (κ3) is 4.35. The van der Waals surface area contributed by atoms with Crippen LogP contribution >= 0.6 is 0 Å². The van der Waals surface area contributed by atoms with E-state index in [1.807, 2.05) is 42.5 Å². The summed E-state index contributed by atoms with van der Waals surface area (Å²) in [5.74, 6) is -0.322. The molecule has 1 N–H and O–H groups in total. The highest BCUT2D eigenvalue weighted by atomic mass is 16.2. The number of nitrogens with zero attached hydrogens (tertiary/aromatic N) is 2. The lowest BCUT2D eigenvalue weighted by molar-refractivity contribution is -0.128. The maximum atomic E-state index is 12.6. The normalized spacial score (nSPS) is 19.7. The summed E-state index contributed by atoms with van der Waals surface area (Å²) in [4.78, 5) is 29.1. The maximum absolute atomic E-state index is 12.6. The molecule has 2 amide bonds. The molecule has 2 saturated heterocycles. The Balaban J connectivity index is 1.33. The maximum Gasteiger partial charge on any atom is 0.229 e. The van der Waals surface area contributed by atoms with Crippen LogP contribution in [0, 0.1) is 5.92 Å².